The van der Waals surface area contributed by atoms with E-state index in [9.17, 15) is 12.6 Å². The van der Waals surface area contributed by atoms with Crippen LogP contribution in [0, 0.1) is 5.92 Å². The summed E-state index contributed by atoms with van der Waals surface area (Å²) in [5.41, 5.74) is 0. The van der Waals surface area contributed by atoms with E-state index in [-0.39, 0.29) is 11.5 Å². The van der Waals surface area contributed by atoms with Crippen LogP contribution in [0.3, 0.4) is 0 Å². The van der Waals surface area contributed by atoms with Crippen molar-refractivity contribution in [2.75, 3.05) is 36.6 Å². The lowest BCUT2D eigenvalue weighted by molar-refractivity contribution is 0.550. The molecule has 6 heteroatoms. The lowest BCUT2D eigenvalue weighted by Gasteiger charge is -2.06. The van der Waals surface area contributed by atoms with Gasteiger partial charge in [-0.25, -0.2) is 8.42 Å². The van der Waals surface area contributed by atoms with E-state index in [4.69, 9.17) is 0 Å². The van der Waals surface area contributed by atoms with Gasteiger partial charge in [-0.05, 0) is 25.4 Å². The normalized spacial score (nSPS) is 14.2. The van der Waals surface area contributed by atoms with Gasteiger partial charge in [0, 0.05) is 28.6 Å². The van der Waals surface area contributed by atoms with Gasteiger partial charge < -0.3 is 5.32 Å². The van der Waals surface area contributed by atoms with Crippen LogP contribution in [0.4, 0.5) is 0 Å². The average molecular weight is 269 g/mol. The summed E-state index contributed by atoms with van der Waals surface area (Å²) >= 11 is 0. The molecule has 1 atom stereocenters. The second kappa shape index (κ2) is 8.20. The van der Waals surface area contributed by atoms with Gasteiger partial charge in [0.25, 0.3) is 0 Å². The number of rotatable bonds is 9. The SMILES string of the molecule is CC(C)CNCCCS(=O)CCS(C)(=O)=O. The first-order valence-electron chi connectivity index (χ1n) is 5.54. The van der Waals surface area contributed by atoms with E-state index in [0.717, 1.165) is 19.5 Å². The zero-order valence-corrected chi connectivity index (χ0v) is 12.0. The van der Waals surface area contributed by atoms with Crippen molar-refractivity contribution in [3.63, 3.8) is 0 Å². The molecule has 0 fully saturated rings. The van der Waals surface area contributed by atoms with Crippen molar-refractivity contribution in [2.45, 2.75) is 20.3 Å². The lowest BCUT2D eigenvalue weighted by Crippen LogP contribution is -2.22. The second-order valence-electron chi connectivity index (χ2n) is 4.43. The van der Waals surface area contributed by atoms with E-state index in [0.29, 0.717) is 11.7 Å². The van der Waals surface area contributed by atoms with Gasteiger partial charge >= 0.3 is 0 Å². The Morgan fingerprint density at radius 3 is 2.38 bits per heavy atom. The zero-order chi connectivity index (χ0) is 12.6. The number of sulfone groups is 1. The highest BCUT2D eigenvalue weighted by molar-refractivity contribution is 7.92. The van der Waals surface area contributed by atoms with E-state index in [1.54, 1.807) is 0 Å². The molecule has 0 saturated heterocycles. The van der Waals surface area contributed by atoms with Crippen molar-refractivity contribution >= 4 is 20.6 Å². The van der Waals surface area contributed by atoms with Gasteiger partial charge in [-0.1, -0.05) is 13.8 Å². The van der Waals surface area contributed by atoms with Crippen LogP contribution >= 0.6 is 0 Å². The third-order valence-corrected chi connectivity index (χ3v) is 4.57. The van der Waals surface area contributed by atoms with Crippen molar-refractivity contribution in [3.8, 4) is 0 Å². The Labute approximate surface area is 102 Å². The van der Waals surface area contributed by atoms with E-state index in [2.05, 4.69) is 19.2 Å². The van der Waals surface area contributed by atoms with Crippen molar-refractivity contribution in [2.24, 2.45) is 5.92 Å². The topological polar surface area (TPSA) is 63.2 Å². The van der Waals surface area contributed by atoms with Crippen LogP contribution in [0.5, 0.6) is 0 Å². The van der Waals surface area contributed by atoms with Crippen LogP contribution in [0.25, 0.3) is 0 Å². The van der Waals surface area contributed by atoms with Crippen molar-refractivity contribution in [1.29, 1.82) is 0 Å². The molecule has 0 radical (unpaired) electrons. The molecular formula is C10H23NO3S2. The molecule has 1 unspecified atom stereocenters. The molecule has 1 N–H and O–H groups in total. The number of hydrogen-bond acceptors (Lipinski definition) is 4. The third-order valence-electron chi connectivity index (χ3n) is 1.96. The van der Waals surface area contributed by atoms with Gasteiger partial charge in [-0.15, -0.1) is 0 Å². The standard InChI is InChI=1S/C10H23NO3S2/c1-10(2)9-11-5-4-6-15(12)7-8-16(3,13)14/h10-11H,4-9H2,1-3H3. The molecule has 0 aliphatic heterocycles. The summed E-state index contributed by atoms with van der Waals surface area (Å²) in [6.45, 7) is 6.09. The maximum absolute atomic E-state index is 11.4. The molecule has 98 valence electrons. The molecule has 0 aromatic heterocycles. The molecule has 16 heavy (non-hydrogen) atoms. The summed E-state index contributed by atoms with van der Waals surface area (Å²) in [5, 5.41) is 3.26. The van der Waals surface area contributed by atoms with Crippen LogP contribution in [-0.2, 0) is 20.6 Å². The minimum absolute atomic E-state index is 0.0268. The highest BCUT2D eigenvalue weighted by Gasteiger charge is 2.06. The Morgan fingerprint density at radius 2 is 1.88 bits per heavy atom. The molecule has 0 aromatic rings. The van der Waals surface area contributed by atoms with Gasteiger partial charge in [-0.2, -0.15) is 0 Å². The van der Waals surface area contributed by atoms with Crippen LogP contribution in [0.1, 0.15) is 20.3 Å². The van der Waals surface area contributed by atoms with Gasteiger partial charge in [0.15, 0.2) is 0 Å². The van der Waals surface area contributed by atoms with E-state index in [1.807, 2.05) is 0 Å². The van der Waals surface area contributed by atoms with Crippen LogP contribution in [0.2, 0.25) is 0 Å². The zero-order valence-electron chi connectivity index (χ0n) is 10.4. The number of nitrogens with one attached hydrogen (secondary N) is 1. The summed E-state index contributed by atoms with van der Waals surface area (Å²) in [4.78, 5) is 0. The predicted molar refractivity (Wildman–Crippen MR) is 69.9 cm³/mol. The summed E-state index contributed by atoms with van der Waals surface area (Å²) in [6, 6.07) is 0. The van der Waals surface area contributed by atoms with E-state index < -0.39 is 20.6 Å². The third kappa shape index (κ3) is 12.1. The monoisotopic (exact) mass is 269 g/mol. The summed E-state index contributed by atoms with van der Waals surface area (Å²) in [7, 11) is -3.97. The largest absolute Gasteiger partial charge is 0.316 e. The molecule has 0 saturated carbocycles. The smallest absolute Gasteiger partial charge is 0.148 e. The Morgan fingerprint density at radius 1 is 1.25 bits per heavy atom. The predicted octanol–water partition coefficient (Wildman–Crippen LogP) is 0.415. The Kier molecular flexibility index (Phi) is 8.23. The van der Waals surface area contributed by atoms with Crippen LogP contribution < -0.4 is 5.32 Å². The summed E-state index contributed by atoms with van der Waals surface area (Å²) < 4.78 is 33.1. The first-order chi connectivity index (χ1) is 7.31. The Hall–Kier alpha value is 0.0600. The van der Waals surface area contributed by atoms with Crippen LogP contribution in [-0.4, -0.2) is 49.2 Å². The summed E-state index contributed by atoms with van der Waals surface area (Å²) in [6.07, 6.45) is 2.01. The Balaban J connectivity index is 3.45. The maximum atomic E-state index is 11.4. The molecule has 0 amide bonds. The van der Waals surface area contributed by atoms with Gasteiger partial charge in [-0.3, -0.25) is 4.21 Å². The molecule has 0 heterocycles. The fraction of sp³-hybridized carbons (Fsp3) is 1.00. The average Bonchev–Trinajstić information content (AvgIpc) is 2.12. The molecule has 0 aliphatic carbocycles. The quantitative estimate of drug-likeness (QED) is 0.616. The van der Waals surface area contributed by atoms with Gasteiger partial charge in [0.05, 0.1) is 5.75 Å². The lowest BCUT2D eigenvalue weighted by atomic mass is 10.2. The first kappa shape index (κ1) is 16.1. The fourth-order valence-electron chi connectivity index (χ4n) is 1.10. The van der Waals surface area contributed by atoms with Gasteiger partial charge in [0.1, 0.15) is 9.84 Å². The van der Waals surface area contributed by atoms with Crippen molar-refractivity contribution in [1.82, 2.24) is 5.32 Å². The minimum atomic E-state index is -2.97. The molecule has 0 aliphatic rings. The molecule has 0 bridgehead atoms. The first-order valence-corrected chi connectivity index (χ1v) is 9.09. The molecular weight excluding hydrogens is 246 g/mol. The fourth-order valence-corrected chi connectivity index (χ4v) is 3.72. The molecule has 0 spiro atoms. The minimum Gasteiger partial charge on any atom is -0.316 e. The maximum Gasteiger partial charge on any atom is 0.148 e. The van der Waals surface area contributed by atoms with E-state index in [1.165, 1.54) is 6.26 Å². The second-order valence-corrected chi connectivity index (χ2v) is 8.39. The summed E-state index contributed by atoms with van der Waals surface area (Å²) in [5.74, 6) is 1.50. The highest BCUT2D eigenvalue weighted by atomic mass is 32.2. The molecule has 0 aromatic carbocycles. The van der Waals surface area contributed by atoms with Crippen LogP contribution in [0.15, 0.2) is 0 Å². The van der Waals surface area contributed by atoms with Crippen molar-refractivity contribution in [3.05, 3.63) is 0 Å². The van der Waals surface area contributed by atoms with Crippen molar-refractivity contribution < 1.29 is 12.6 Å². The van der Waals surface area contributed by atoms with E-state index >= 15 is 0 Å². The molecule has 0 rings (SSSR count). The Bertz CT molecular complexity index is 299. The number of hydrogen-bond donors (Lipinski definition) is 1. The molecule has 4 nitrogen and oxygen atoms in total. The highest BCUT2D eigenvalue weighted by Crippen LogP contribution is 1.92. The van der Waals surface area contributed by atoms with Gasteiger partial charge in [0.2, 0.25) is 0 Å².